The second-order valence-electron chi connectivity index (χ2n) is 7.12. The molecule has 1 N–H and O–H groups in total. The van der Waals surface area contributed by atoms with Crippen LogP contribution in [0.2, 0.25) is 0 Å². The molecule has 7 nitrogen and oxygen atoms in total. The molecule has 2 heterocycles. The molecule has 2 saturated heterocycles. The third kappa shape index (κ3) is 4.40. The number of methoxy groups -OCH3 is 2. The molecule has 2 fully saturated rings. The maximum atomic E-state index is 12.5. The summed E-state index contributed by atoms with van der Waals surface area (Å²) in [5, 5.41) is 2.29. The van der Waals surface area contributed by atoms with Gasteiger partial charge in [0.15, 0.2) is 0 Å². The first kappa shape index (κ1) is 19.2. The number of hydrogen-bond donors (Lipinski definition) is 1. The summed E-state index contributed by atoms with van der Waals surface area (Å²) in [7, 11) is 3.30. The molecule has 0 aromatic heterocycles. The zero-order valence-electron chi connectivity index (χ0n) is 15.8. The van der Waals surface area contributed by atoms with E-state index in [-0.39, 0.29) is 30.1 Å². The monoisotopic (exact) mass is 374 g/mol. The first-order valence-corrected chi connectivity index (χ1v) is 9.35. The second-order valence-corrected chi connectivity index (χ2v) is 7.12. The smallest absolute Gasteiger partial charge is 0.230 e. The number of amides is 3. The molecule has 7 heteroatoms. The Kier molecular flexibility index (Phi) is 5.98. The molecule has 0 unspecified atom stereocenters. The van der Waals surface area contributed by atoms with Gasteiger partial charge in [0.25, 0.3) is 0 Å². The summed E-state index contributed by atoms with van der Waals surface area (Å²) in [6.07, 6.45) is 2.65. The van der Waals surface area contributed by atoms with Crippen LogP contribution in [-0.4, -0.2) is 49.9 Å². The van der Waals surface area contributed by atoms with Crippen LogP contribution in [0.5, 0.6) is 11.5 Å². The van der Waals surface area contributed by atoms with E-state index < -0.39 is 0 Å². The molecule has 3 rings (SSSR count). The molecule has 146 valence electrons. The molecule has 1 aromatic carbocycles. The number of nitrogens with one attached hydrogen (secondary N) is 1. The molecule has 0 spiro atoms. The van der Waals surface area contributed by atoms with E-state index in [1.165, 1.54) is 0 Å². The van der Waals surface area contributed by atoms with Crippen LogP contribution in [0, 0.1) is 5.92 Å². The van der Waals surface area contributed by atoms with Crippen LogP contribution in [0.3, 0.4) is 0 Å². The van der Waals surface area contributed by atoms with Crippen molar-refractivity contribution < 1.29 is 23.9 Å². The van der Waals surface area contributed by atoms with Crippen molar-refractivity contribution >= 4 is 17.7 Å². The molecular formula is C20H26N2O5. The van der Waals surface area contributed by atoms with Gasteiger partial charge < -0.3 is 14.4 Å². The minimum atomic E-state index is -0.361. The Morgan fingerprint density at radius 2 is 1.93 bits per heavy atom. The van der Waals surface area contributed by atoms with Crippen molar-refractivity contribution in [3.05, 3.63) is 23.8 Å². The zero-order chi connectivity index (χ0) is 19.4. The van der Waals surface area contributed by atoms with Gasteiger partial charge in [0.1, 0.15) is 11.5 Å². The van der Waals surface area contributed by atoms with Crippen molar-refractivity contribution in [2.75, 3.05) is 27.3 Å². The first-order chi connectivity index (χ1) is 13.0. The number of ether oxygens (including phenoxy) is 2. The van der Waals surface area contributed by atoms with Crippen LogP contribution in [-0.2, 0) is 14.4 Å². The number of piperidine rings is 1. The van der Waals surface area contributed by atoms with Crippen LogP contribution >= 0.6 is 0 Å². The van der Waals surface area contributed by atoms with E-state index in [0.717, 1.165) is 29.9 Å². The SMILES string of the molecule is COc1ccc(OC)c(C2CCN(C(=O)CC[C@H]3CC(=O)NC3=O)CC2)c1. The van der Waals surface area contributed by atoms with Gasteiger partial charge in [0.2, 0.25) is 17.7 Å². The summed E-state index contributed by atoms with van der Waals surface area (Å²) in [6, 6.07) is 5.81. The van der Waals surface area contributed by atoms with Gasteiger partial charge in [-0.3, -0.25) is 19.7 Å². The molecular weight excluding hydrogens is 348 g/mol. The summed E-state index contributed by atoms with van der Waals surface area (Å²) in [5.74, 6) is 1.16. The lowest BCUT2D eigenvalue weighted by Gasteiger charge is -2.33. The molecule has 1 aromatic rings. The third-order valence-electron chi connectivity index (χ3n) is 5.50. The lowest BCUT2D eigenvalue weighted by Crippen LogP contribution is -2.38. The summed E-state index contributed by atoms with van der Waals surface area (Å²) >= 11 is 0. The van der Waals surface area contributed by atoms with Crippen molar-refractivity contribution in [3.63, 3.8) is 0 Å². The fourth-order valence-corrected chi connectivity index (χ4v) is 3.89. The van der Waals surface area contributed by atoms with Gasteiger partial charge in [-0.2, -0.15) is 0 Å². The predicted octanol–water partition coefficient (Wildman–Crippen LogP) is 1.85. The molecule has 2 aliphatic heterocycles. The summed E-state index contributed by atoms with van der Waals surface area (Å²) in [4.78, 5) is 37.2. The van der Waals surface area contributed by atoms with Crippen molar-refractivity contribution in [1.82, 2.24) is 10.2 Å². The maximum Gasteiger partial charge on any atom is 0.230 e. The van der Waals surface area contributed by atoms with E-state index in [1.807, 2.05) is 23.1 Å². The predicted molar refractivity (Wildman–Crippen MR) is 98.6 cm³/mol. The van der Waals surface area contributed by atoms with E-state index in [4.69, 9.17) is 9.47 Å². The fraction of sp³-hybridized carbons (Fsp3) is 0.550. The maximum absolute atomic E-state index is 12.5. The van der Waals surface area contributed by atoms with Gasteiger partial charge >= 0.3 is 0 Å². The van der Waals surface area contributed by atoms with Crippen LogP contribution in [0.15, 0.2) is 18.2 Å². The summed E-state index contributed by atoms with van der Waals surface area (Å²) in [6.45, 7) is 1.36. The Morgan fingerprint density at radius 3 is 2.52 bits per heavy atom. The van der Waals surface area contributed by atoms with Crippen molar-refractivity contribution in [2.24, 2.45) is 5.92 Å². The molecule has 27 heavy (non-hydrogen) atoms. The first-order valence-electron chi connectivity index (χ1n) is 9.35. The highest BCUT2D eigenvalue weighted by Crippen LogP contribution is 2.36. The van der Waals surface area contributed by atoms with Crippen molar-refractivity contribution in [3.8, 4) is 11.5 Å². The van der Waals surface area contributed by atoms with E-state index >= 15 is 0 Å². The van der Waals surface area contributed by atoms with Crippen molar-refractivity contribution in [2.45, 2.75) is 38.0 Å². The van der Waals surface area contributed by atoms with E-state index in [2.05, 4.69) is 5.32 Å². The highest BCUT2D eigenvalue weighted by molar-refractivity contribution is 6.03. The third-order valence-corrected chi connectivity index (χ3v) is 5.50. The largest absolute Gasteiger partial charge is 0.497 e. The van der Waals surface area contributed by atoms with Crippen molar-refractivity contribution in [1.29, 1.82) is 0 Å². The van der Waals surface area contributed by atoms with Gasteiger partial charge in [-0.1, -0.05) is 0 Å². The molecule has 3 amide bonds. The molecule has 2 aliphatic rings. The van der Waals surface area contributed by atoms with Gasteiger partial charge in [-0.25, -0.2) is 0 Å². The number of carbonyl (C=O) groups excluding carboxylic acids is 3. The van der Waals surface area contributed by atoms with Crippen LogP contribution in [0.4, 0.5) is 0 Å². The Balaban J connectivity index is 1.53. The minimum absolute atomic E-state index is 0.0539. The number of carbonyl (C=O) groups is 3. The molecule has 0 aliphatic carbocycles. The Morgan fingerprint density at radius 1 is 1.19 bits per heavy atom. The minimum Gasteiger partial charge on any atom is -0.497 e. The summed E-state index contributed by atoms with van der Waals surface area (Å²) < 4.78 is 10.8. The molecule has 1 atom stereocenters. The van der Waals surface area contributed by atoms with Crippen LogP contribution in [0.25, 0.3) is 0 Å². The number of nitrogens with zero attached hydrogens (tertiary/aromatic N) is 1. The molecule has 0 saturated carbocycles. The van der Waals surface area contributed by atoms with Crippen LogP contribution in [0.1, 0.15) is 43.6 Å². The van der Waals surface area contributed by atoms with Gasteiger partial charge in [0.05, 0.1) is 14.2 Å². The van der Waals surface area contributed by atoms with Gasteiger partial charge in [-0.15, -0.1) is 0 Å². The van der Waals surface area contributed by atoms with E-state index in [1.54, 1.807) is 14.2 Å². The quantitative estimate of drug-likeness (QED) is 0.768. The highest BCUT2D eigenvalue weighted by Gasteiger charge is 2.32. The average Bonchev–Trinajstić information content (AvgIpc) is 3.02. The van der Waals surface area contributed by atoms with Crippen LogP contribution < -0.4 is 14.8 Å². The number of hydrogen-bond acceptors (Lipinski definition) is 5. The lowest BCUT2D eigenvalue weighted by molar-refractivity contribution is -0.132. The van der Waals surface area contributed by atoms with E-state index in [0.29, 0.717) is 31.8 Å². The summed E-state index contributed by atoms with van der Waals surface area (Å²) in [5.41, 5.74) is 1.12. The topological polar surface area (TPSA) is 84.9 Å². The fourth-order valence-electron chi connectivity index (χ4n) is 3.89. The number of likely N-dealkylation sites (tertiary alicyclic amines) is 1. The number of rotatable bonds is 6. The average molecular weight is 374 g/mol. The molecule has 0 radical (unpaired) electrons. The Hall–Kier alpha value is -2.57. The lowest BCUT2D eigenvalue weighted by atomic mass is 9.88. The Labute approximate surface area is 159 Å². The highest BCUT2D eigenvalue weighted by atomic mass is 16.5. The zero-order valence-corrected chi connectivity index (χ0v) is 15.8. The Bertz CT molecular complexity index is 725. The standard InChI is InChI=1S/C20H26N2O5/c1-26-15-4-5-17(27-2)16(12-15)13-7-9-22(10-8-13)19(24)6-3-14-11-18(23)21-20(14)25/h4-5,12-14H,3,6-11H2,1-2H3,(H,21,23,25)/t14-/m0/s1. The number of imide groups is 1. The van der Waals surface area contributed by atoms with E-state index in [9.17, 15) is 14.4 Å². The van der Waals surface area contributed by atoms with Gasteiger partial charge in [0, 0.05) is 37.4 Å². The normalized spacial score (nSPS) is 20.5. The van der Waals surface area contributed by atoms with Gasteiger partial charge in [-0.05, 0) is 43.4 Å². The number of benzene rings is 1. The second kappa shape index (κ2) is 8.41. The molecule has 0 bridgehead atoms.